The summed E-state index contributed by atoms with van der Waals surface area (Å²) in [6.45, 7) is 6.76. The lowest BCUT2D eigenvalue weighted by Crippen LogP contribution is -2.21. The van der Waals surface area contributed by atoms with Gasteiger partial charge in [-0.3, -0.25) is 4.79 Å². The van der Waals surface area contributed by atoms with Crippen LogP contribution in [0.15, 0.2) is 22.6 Å². The van der Waals surface area contributed by atoms with Crippen molar-refractivity contribution in [2.45, 2.75) is 27.7 Å². The number of carbonyl (C=O) groups is 2. The minimum absolute atomic E-state index is 0.369. The second-order valence-corrected chi connectivity index (χ2v) is 5.54. The molecule has 1 N–H and O–H groups in total. The Morgan fingerprint density at radius 1 is 1.12 bits per heavy atom. The number of hydrogen-bond donors (Lipinski definition) is 1. The minimum Gasteiger partial charge on any atom is -0.495 e. The molecule has 1 amide bonds. The van der Waals surface area contributed by atoms with Crippen LogP contribution in [0.2, 0.25) is 0 Å². The second kappa shape index (κ2) is 7.21. The van der Waals surface area contributed by atoms with Gasteiger partial charge in [0.2, 0.25) is 0 Å². The standard InChI is InChI=1S/C18H21NO5/c1-10-6-7-15(22-5)14(8-10)19-16(20)9-23-18(21)17-11(2)12(3)24-13(17)4/h6-8H,9H2,1-5H3,(H,19,20). The van der Waals surface area contributed by atoms with E-state index in [1.165, 1.54) is 7.11 Å². The number of furan rings is 1. The van der Waals surface area contributed by atoms with E-state index in [1.807, 2.05) is 13.0 Å². The Labute approximate surface area is 140 Å². The zero-order chi connectivity index (χ0) is 17.9. The van der Waals surface area contributed by atoms with Gasteiger partial charge >= 0.3 is 5.97 Å². The fourth-order valence-electron chi connectivity index (χ4n) is 2.40. The molecule has 1 aromatic carbocycles. The van der Waals surface area contributed by atoms with Gasteiger partial charge in [-0.15, -0.1) is 0 Å². The van der Waals surface area contributed by atoms with Gasteiger partial charge in [0, 0.05) is 5.56 Å². The molecule has 0 atom stereocenters. The van der Waals surface area contributed by atoms with Crippen molar-refractivity contribution in [3.63, 3.8) is 0 Å². The van der Waals surface area contributed by atoms with Crippen molar-refractivity contribution in [3.05, 3.63) is 46.4 Å². The lowest BCUT2D eigenvalue weighted by Gasteiger charge is -2.11. The molecule has 0 saturated heterocycles. The third kappa shape index (κ3) is 3.76. The fraction of sp³-hybridized carbons (Fsp3) is 0.333. The van der Waals surface area contributed by atoms with Crippen molar-refractivity contribution in [1.29, 1.82) is 0 Å². The number of methoxy groups -OCH3 is 1. The van der Waals surface area contributed by atoms with Crippen LogP contribution in [0.25, 0.3) is 0 Å². The predicted octanol–water partition coefficient (Wildman–Crippen LogP) is 3.32. The summed E-state index contributed by atoms with van der Waals surface area (Å²) < 4.78 is 15.7. The molecule has 6 nitrogen and oxygen atoms in total. The van der Waals surface area contributed by atoms with Crippen molar-refractivity contribution in [1.82, 2.24) is 0 Å². The Morgan fingerprint density at radius 3 is 2.42 bits per heavy atom. The molecule has 2 rings (SSSR count). The molecule has 0 aliphatic carbocycles. The number of carbonyl (C=O) groups excluding carboxylic acids is 2. The highest BCUT2D eigenvalue weighted by atomic mass is 16.5. The Balaban J connectivity index is 2.01. The molecule has 0 fully saturated rings. The SMILES string of the molecule is COc1ccc(C)cc1NC(=O)COC(=O)c1c(C)oc(C)c1C. The number of rotatable bonds is 5. The maximum atomic E-state index is 12.1. The Morgan fingerprint density at radius 2 is 1.83 bits per heavy atom. The van der Waals surface area contributed by atoms with E-state index >= 15 is 0 Å². The first kappa shape index (κ1) is 17.6. The minimum atomic E-state index is -0.576. The van der Waals surface area contributed by atoms with E-state index in [0.717, 1.165) is 11.1 Å². The van der Waals surface area contributed by atoms with E-state index < -0.39 is 11.9 Å². The smallest absolute Gasteiger partial charge is 0.342 e. The number of hydrogen-bond acceptors (Lipinski definition) is 5. The molecule has 0 aliphatic rings. The highest BCUT2D eigenvalue weighted by molar-refractivity contribution is 5.97. The van der Waals surface area contributed by atoms with Gasteiger partial charge in [-0.1, -0.05) is 6.07 Å². The molecule has 0 radical (unpaired) electrons. The maximum absolute atomic E-state index is 12.1. The first-order valence-electron chi connectivity index (χ1n) is 7.51. The van der Waals surface area contributed by atoms with Gasteiger partial charge < -0.3 is 19.2 Å². The largest absolute Gasteiger partial charge is 0.495 e. The number of benzene rings is 1. The number of anilines is 1. The lowest BCUT2D eigenvalue weighted by atomic mass is 10.1. The van der Waals surface area contributed by atoms with Gasteiger partial charge in [0.25, 0.3) is 5.91 Å². The Kier molecular flexibility index (Phi) is 5.28. The molecule has 1 heterocycles. The second-order valence-electron chi connectivity index (χ2n) is 5.54. The normalized spacial score (nSPS) is 10.4. The quantitative estimate of drug-likeness (QED) is 0.850. The van der Waals surface area contributed by atoms with Crippen molar-refractivity contribution in [2.24, 2.45) is 0 Å². The lowest BCUT2D eigenvalue weighted by molar-refractivity contribution is -0.119. The summed E-state index contributed by atoms with van der Waals surface area (Å²) >= 11 is 0. The highest BCUT2D eigenvalue weighted by Gasteiger charge is 2.21. The van der Waals surface area contributed by atoms with Gasteiger partial charge in [-0.2, -0.15) is 0 Å². The van der Waals surface area contributed by atoms with Crippen LogP contribution in [-0.2, 0) is 9.53 Å². The van der Waals surface area contributed by atoms with Crippen molar-refractivity contribution < 1.29 is 23.5 Å². The van der Waals surface area contributed by atoms with Crippen LogP contribution in [0.4, 0.5) is 5.69 Å². The van der Waals surface area contributed by atoms with E-state index in [4.69, 9.17) is 13.9 Å². The molecule has 6 heteroatoms. The first-order chi connectivity index (χ1) is 11.3. The average Bonchev–Trinajstić information content (AvgIpc) is 2.78. The van der Waals surface area contributed by atoms with E-state index in [1.54, 1.807) is 32.9 Å². The van der Waals surface area contributed by atoms with Crippen LogP contribution >= 0.6 is 0 Å². The number of esters is 1. The topological polar surface area (TPSA) is 77.8 Å². The van der Waals surface area contributed by atoms with Gasteiger partial charge in [-0.25, -0.2) is 4.79 Å². The van der Waals surface area contributed by atoms with Crippen molar-refractivity contribution in [3.8, 4) is 5.75 Å². The zero-order valence-electron chi connectivity index (χ0n) is 14.5. The fourth-order valence-corrected chi connectivity index (χ4v) is 2.40. The first-order valence-corrected chi connectivity index (χ1v) is 7.51. The van der Waals surface area contributed by atoms with Gasteiger partial charge in [0.1, 0.15) is 22.8 Å². The summed E-state index contributed by atoms with van der Waals surface area (Å²) in [6.07, 6.45) is 0. The molecular formula is C18H21NO5. The molecule has 0 spiro atoms. The molecule has 0 bridgehead atoms. The van der Waals surface area contributed by atoms with Crippen LogP contribution in [0.3, 0.4) is 0 Å². The number of ether oxygens (including phenoxy) is 2. The average molecular weight is 331 g/mol. The highest BCUT2D eigenvalue weighted by Crippen LogP contribution is 2.25. The van der Waals surface area contributed by atoms with Gasteiger partial charge in [0.05, 0.1) is 12.8 Å². The van der Waals surface area contributed by atoms with E-state index in [9.17, 15) is 9.59 Å². The predicted molar refractivity (Wildman–Crippen MR) is 89.6 cm³/mol. The third-order valence-electron chi connectivity index (χ3n) is 3.73. The maximum Gasteiger partial charge on any atom is 0.342 e. The molecule has 24 heavy (non-hydrogen) atoms. The molecule has 0 aliphatic heterocycles. The molecule has 1 aromatic heterocycles. The molecular weight excluding hydrogens is 310 g/mol. The number of amides is 1. The third-order valence-corrected chi connectivity index (χ3v) is 3.73. The molecule has 2 aromatic rings. The van der Waals surface area contributed by atoms with Crippen LogP contribution in [0.1, 0.15) is 33.0 Å². The van der Waals surface area contributed by atoms with Crippen LogP contribution in [0.5, 0.6) is 5.75 Å². The van der Waals surface area contributed by atoms with Gasteiger partial charge in [0.15, 0.2) is 6.61 Å². The Bertz CT molecular complexity index is 776. The van der Waals surface area contributed by atoms with Crippen LogP contribution in [-0.4, -0.2) is 25.6 Å². The van der Waals surface area contributed by atoms with E-state index in [-0.39, 0.29) is 6.61 Å². The summed E-state index contributed by atoms with van der Waals surface area (Å²) in [5.74, 6) is 0.664. The number of nitrogens with one attached hydrogen (secondary N) is 1. The van der Waals surface area contributed by atoms with Gasteiger partial charge in [-0.05, 0) is 45.4 Å². The van der Waals surface area contributed by atoms with Crippen molar-refractivity contribution in [2.75, 3.05) is 19.0 Å². The summed E-state index contributed by atoms with van der Waals surface area (Å²) in [6, 6.07) is 5.42. The summed E-state index contributed by atoms with van der Waals surface area (Å²) in [7, 11) is 1.52. The van der Waals surface area contributed by atoms with Crippen molar-refractivity contribution >= 4 is 17.6 Å². The molecule has 0 saturated carbocycles. The summed E-state index contributed by atoms with van der Waals surface area (Å²) in [4.78, 5) is 24.2. The monoisotopic (exact) mass is 331 g/mol. The summed E-state index contributed by atoms with van der Waals surface area (Å²) in [5.41, 5.74) is 2.60. The molecule has 128 valence electrons. The summed E-state index contributed by atoms with van der Waals surface area (Å²) in [5, 5.41) is 2.68. The van der Waals surface area contributed by atoms with E-state index in [2.05, 4.69) is 5.32 Å². The molecule has 0 unspecified atom stereocenters. The van der Waals surface area contributed by atoms with Crippen LogP contribution in [0, 0.1) is 27.7 Å². The Hall–Kier alpha value is -2.76. The van der Waals surface area contributed by atoms with Crippen LogP contribution < -0.4 is 10.1 Å². The van der Waals surface area contributed by atoms with E-state index in [0.29, 0.717) is 28.5 Å². The number of aryl methyl sites for hydroxylation is 3. The zero-order valence-corrected chi connectivity index (χ0v) is 14.5.